The van der Waals surface area contributed by atoms with Gasteiger partial charge in [-0.2, -0.15) is 0 Å². The molecule has 0 aliphatic rings. The van der Waals surface area contributed by atoms with Crippen LogP contribution in [0.5, 0.6) is 0 Å². The standard InChI is InChI=1S/C17H29FN2/c1-5-17(6-2)20(11-13(3)4)12-15-7-14(10-19)8-16(18)9-15/h7-9,13,17H,5-6,10-12,19H2,1-4H3. The van der Waals surface area contributed by atoms with Gasteiger partial charge in [-0.1, -0.05) is 33.8 Å². The maximum Gasteiger partial charge on any atom is 0.123 e. The Labute approximate surface area is 123 Å². The first-order valence-electron chi connectivity index (χ1n) is 7.72. The van der Waals surface area contributed by atoms with Crippen molar-refractivity contribution in [2.24, 2.45) is 11.7 Å². The number of hydrogen-bond donors (Lipinski definition) is 1. The van der Waals surface area contributed by atoms with Gasteiger partial charge in [-0.3, -0.25) is 4.90 Å². The Hall–Kier alpha value is -0.930. The minimum absolute atomic E-state index is 0.183. The van der Waals surface area contributed by atoms with Gasteiger partial charge in [0.15, 0.2) is 0 Å². The number of nitrogens with two attached hydrogens (primary N) is 1. The zero-order valence-corrected chi connectivity index (χ0v) is 13.3. The number of halogens is 1. The first-order chi connectivity index (χ1) is 9.49. The fourth-order valence-corrected chi connectivity index (χ4v) is 2.78. The summed E-state index contributed by atoms with van der Waals surface area (Å²) < 4.78 is 13.6. The number of benzene rings is 1. The van der Waals surface area contributed by atoms with E-state index in [0.29, 0.717) is 18.5 Å². The fraction of sp³-hybridized carbons (Fsp3) is 0.647. The van der Waals surface area contributed by atoms with Crippen LogP contribution in [0.2, 0.25) is 0 Å². The summed E-state index contributed by atoms with van der Waals surface area (Å²) in [6.45, 7) is 11.1. The Morgan fingerprint density at radius 1 is 1.10 bits per heavy atom. The first kappa shape index (κ1) is 17.1. The highest BCUT2D eigenvalue weighted by Gasteiger charge is 2.17. The summed E-state index contributed by atoms with van der Waals surface area (Å²) in [6, 6.07) is 5.74. The molecule has 1 aromatic rings. The molecule has 0 spiro atoms. The molecule has 0 heterocycles. The summed E-state index contributed by atoms with van der Waals surface area (Å²) in [7, 11) is 0. The van der Waals surface area contributed by atoms with Crippen LogP contribution in [0.1, 0.15) is 51.7 Å². The molecule has 0 fully saturated rings. The molecule has 114 valence electrons. The highest BCUT2D eigenvalue weighted by molar-refractivity contribution is 5.24. The van der Waals surface area contributed by atoms with Crippen molar-refractivity contribution in [1.29, 1.82) is 0 Å². The lowest BCUT2D eigenvalue weighted by molar-refractivity contribution is 0.157. The lowest BCUT2D eigenvalue weighted by Crippen LogP contribution is -2.36. The highest BCUT2D eigenvalue weighted by atomic mass is 19.1. The van der Waals surface area contributed by atoms with E-state index in [1.165, 1.54) is 6.07 Å². The van der Waals surface area contributed by atoms with Crippen molar-refractivity contribution in [2.45, 2.75) is 59.7 Å². The van der Waals surface area contributed by atoms with Gasteiger partial charge < -0.3 is 5.73 Å². The lowest BCUT2D eigenvalue weighted by atomic mass is 10.0. The van der Waals surface area contributed by atoms with Gasteiger partial charge in [-0.25, -0.2) is 4.39 Å². The van der Waals surface area contributed by atoms with Crippen LogP contribution in [0.4, 0.5) is 4.39 Å². The number of nitrogens with zero attached hydrogens (tertiary/aromatic N) is 1. The molecule has 0 unspecified atom stereocenters. The Morgan fingerprint density at radius 3 is 2.20 bits per heavy atom. The summed E-state index contributed by atoms with van der Waals surface area (Å²) in [5.41, 5.74) is 7.53. The average Bonchev–Trinajstić information content (AvgIpc) is 2.38. The van der Waals surface area contributed by atoms with E-state index >= 15 is 0 Å². The quantitative estimate of drug-likeness (QED) is 0.781. The van der Waals surface area contributed by atoms with Crippen LogP contribution in [0.3, 0.4) is 0 Å². The van der Waals surface area contributed by atoms with E-state index in [9.17, 15) is 4.39 Å². The van der Waals surface area contributed by atoms with E-state index in [1.807, 2.05) is 6.07 Å². The predicted octanol–water partition coefficient (Wildman–Crippen LogP) is 3.93. The second-order valence-corrected chi connectivity index (χ2v) is 5.97. The SMILES string of the molecule is CCC(CC)N(Cc1cc(F)cc(CN)c1)CC(C)C. The molecule has 0 amide bonds. The van der Waals surface area contributed by atoms with Gasteiger partial charge in [0, 0.05) is 25.7 Å². The van der Waals surface area contributed by atoms with Crippen LogP contribution in [0.15, 0.2) is 18.2 Å². The average molecular weight is 280 g/mol. The van der Waals surface area contributed by atoms with Crippen molar-refractivity contribution in [3.05, 3.63) is 35.1 Å². The van der Waals surface area contributed by atoms with Crippen molar-refractivity contribution >= 4 is 0 Å². The molecule has 2 N–H and O–H groups in total. The molecule has 20 heavy (non-hydrogen) atoms. The molecule has 2 nitrogen and oxygen atoms in total. The topological polar surface area (TPSA) is 29.3 Å². The Morgan fingerprint density at radius 2 is 1.70 bits per heavy atom. The predicted molar refractivity (Wildman–Crippen MR) is 83.9 cm³/mol. The largest absolute Gasteiger partial charge is 0.326 e. The molecule has 0 radical (unpaired) electrons. The van der Waals surface area contributed by atoms with Crippen LogP contribution in [-0.2, 0) is 13.1 Å². The number of hydrogen-bond acceptors (Lipinski definition) is 2. The maximum absolute atomic E-state index is 13.6. The Bertz CT molecular complexity index is 400. The molecule has 0 atom stereocenters. The molecule has 1 aromatic carbocycles. The van der Waals surface area contributed by atoms with Crippen LogP contribution in [0, 0.1) is 11.7 Å². The second-order valence-electron chi connectivity index (χ2n) is 5.97. The van der Waals surface area contributed by atoms with E-state index in [0.717, 1.165) is 37.1 Å². The molecular formula is C17H29FN2. The molecule has 0 saturated carbocycles. The van der Waals surface area contributed by atoms with E-state index in [1.54, 1.807) is 6.07 Å². The van der Waals surface area contributed by atoms with E-state index < -0.39 is 0 Å². The van der Waals surface area contributed by atoms with Crippen LogP contribution < -0.4 is 5.73 Å². The molecule has 3 heteroatoms. The molecule has 0 aliphatic carbocycles. The zero-order chi connectivity index (χ0) is 15.1. The van der Waals surface area contributed by atoms with E-state index in [2.05, 4.69) is 32.6 Å². The molecule has 0 aliphatic heterocycles. The molecule has 0 bridgehead atoms. The first-order valence-corrected chi connectivity index (χ1v) is 7.72. The smallest absolute Gasteiger partial charge is 0.123 e. The van der Waals surface area contributed by atoms with Gasteiger partial charge in [0.25, 0.3) is 0 Å². The van der Waals surface area contributed by atoms with Gasteiger partial charge in [-0.05, 0) is 42.0 Å². The summed E-state index contributed by atoms with van der Waals surface area (Å²) in [6.07, 6.45) is 2.25. The summed E-state index contributed by atoms with van der Waals surface area (Å²) in [5, 5.41) is 0. The van der Waals surface area contributed by atoms with Crippen molar-refractivity contribution in [3.8, 4) is 0 Å². The van der Waals surface area contributed by atoms with Crippen LogP contribution in [-0.4, -0.2) is 17.5 Å². The number of rotatable bonds is 8. The van der Waals surface area contributed by atoms with Crippen molar-refractivity contribution in [3.63, 3.8) is 0 Å². The van der Waals surface area contributed by atoms with Crippen molar-refractivity contribution in [2.75, 3.05) is 6.54 Å². The monoisotopic (exact) mass is 280 g/mol. The molecule has 1 rings (SSSR count). The van der Waals surface area contributed by atoms with Gasteiger partial charge >= 0.3 is 0 Å². The molecule has 0 saturated heterocycles. The van der Waals surface area contributed by atoms with Gasteiger partial charge in [-0.15, -0.1) is 0 Å². The minimum atomic E-state index is -0.183. The van der Waals surface area contributed by atoms with Crippen LogP contribution in [0.25, 0.3) is 0 Å². The molecule has 0 aromatic heterocycles. The van der Waals surface area contributed by atoms with Gasteiger partial charge in [0.2, 0.25) is 0 Å². The fourth-order valence-electron chi connectivity index (χ4n) is 2.78. The van der Waals surface area contributed by atoms with Crippen molar-refractivity contribution in [1.82, 2.24) is 4.90 Å². The van der Waals surface area contributed by atoms with Gasteiger partial charge in [0.1, 0.15) is 5.82 Å². The van der Waals surface area contributed by atoms with E-state index in [4.69, 9.17) is 5.73 Å². The van der Waals surface area contributed by atoms with Crippen LogP contribution >= 0.6 is 0 Å². The summed E-state index contributed by atoms with van der Waals surface area (Å²) >= 11 is 0. The third kappa shape index (κ3) is 5.22. The zero-order valence-electron chi connectivity index (χ0n) is 13.3. The Balaban J connectivity index is 2.90. The maximum atomic E-state index is 13.6. The van der Waals surface area contributed by atoms with Crippen molar-refractivity contribution < 1.29 is 4.39 Å². The van der Waals surface area contributed by atoms with E-state index in [-0.39, 0.29) is 5.82 Å². The third-order valence-electron chi connectivity index (χ3n) is 3.70. The minimum Gasteiger partial charge on any atom is -0.326 e. The Kier molecular flexibility index (Phi) is 7.17. The highest BCUT2D eigenvalue weighted by Crippen LogP contribution is 2.17. The molecular weight excluding hydrogens is 251 g/mol. The summed E-state index contributed by atoms with van der Waals surface area (Å²) in [5.74, 6) is 0.426. The third-order valence-corrected chi connectivity index (χ3v) is 3.70. The lowest BCUT2D eigenvalue weighted by Gasteiger charge is -2.32. The summed E-state index contributed by atoms with van der Waals surface area (Å²) in [4.78, 5) is 2.47. The second kappa shape index (κ2) is 8.38. The normalized spacial score (nSPS) is 11.8. The van der Waals surface area contributed by atoms with Gasteiger partial charge in [0.05, 0.1) is 0 Å².